The molecule has 2 nitrogen and oxygen atoms in total. The van der Waals surface area contributed by atoms with E-state index in [9.17, 15) is 0 Å². The molecule has 0 radical (unpaired) electrons. The van der Waals surface area contributed by atoms with Crippen molar-refractivity contribution in [3.8, 4) is 0 Å². The third kappa shape index (κ3) is 4.43. The maximum atomic E-state index is 5.79. The fourth-order valence-electron chi connectivity index (χ4n) is 2.05. The van der Waals surface area contributed by atoms with Crippen molar-refractivity contribution in [1.29, 1.82) is 0 Å². The van der Waals surface area contributed by atoms with Crippen LogP contribution in [-0.2, 0) is 4.74 Å². The van der Waals surface area contributed by atoms with Crippen LogP contribution in [0.5, 0.6) is 0 Å². The van der Waals surface area contributed by atoms with Crippen LogP contribution in [0.2, 0.25) is 0 Å². The zero-order valence-electron chi connectivity index (χ0n) is 9.88. The maximum Gasteiger partial charge on any atom is 0.0714 e. The van der Waals surface area contributed by atoms with Gasteiger partial charge in [0.1, 0.15) is 0 Å². The van der Waals surface area contributed by atoms with Crippen LogP contribution < -0.4 is 5.32 Å². The lowest BCUT2D eigenvalue weighted by atomic mass is 10.0. The smallest absolute Gasteiger partial charge is 0.0714 e. The summed E-state index contributed by atoms with van der Waals surface area (Å²) in [7, 11) is 0. The normalized spacial score (nSPS) is 27.4. The van der Waals surface area contributed by atoms with E-state index in [2.05, 4.69) is 26.1 Å². The summed E-state index contributed by atoms with van der Waals surface area (Å²) < 4.78 is 5.79. The van der Waals surface area contributed by atoms with Crippen LogP contribution >= 0.6 is 0 Å². The van der Waals surface area contributed by atoms with Crippen molar-refractivity contribution in [1.82, 2.24) is 5.32 Å². The molecule has 1 N–H and O–H groups in total. The zero-order valence-corrected chi connectivity index (χ0v) is 9.88. The van der Waals surface area contributed by atoms with Crippen LogP contribution in [0.4, 0.5) is 0 Å². The molecule has 0 spiro atoms. The van der Waals surface area contributed by atoms with Crippen LogP contribution in [0.1, 0.15) is 46.5 Å². The third-order valence-corrected chi connectivity index (χ3v) is 2.79. The second kappa shape index (κ2) is 6.41. The summed E-state index contributed by atoms with van der Waals surface area (Å²) in [6.07, 6.45) is 5.40. The van der Waals surface area contributed by atoms with Crippen molar-refractivity contribution < 1.29 is 4.74 Å². The average Bonchev–Trinajstić information content (AvgIpc) is 2.52. The Hall–Kier alpha value is -0.0800. The van der Waals surface area contributed by atoms with E-state index in [4.69, 9.17) is 4.74 Å². The molecule has 84 valence electrons. The summed E-state index contributed by atoms with van der Waals surface area (Å²) >= 11 is 0. The monoisotopic (exact) mass is 199 g/mol. The Labute approximate surface area is 88.4 Å². The summed E-state index contributed by atoms with van der Waals surface area (Å²) in [5, 5.41) is 3.54. The third-order valence-electron chi connectivity index (χ3n) is 2.79. The van der Waals surface area contributed by atoms with E-state index in [1.807, 2.05) is 0 Å². The van der Waals surface area contributed by atoms with E-state index < -0.39 is 0 Å². The Morgan fingerprint density at radius 2 is 2.21 bits per heavy atom. The fourth-order valence-corrected chi connectivity index (χ4v) is 2.05. The molecule has 1 aliphatic heterocycles. The Bertz CT molecular complexity index is 147. The van der Waals surface area contributed by atoms with Crippen molar-refractivity contribution in [2.75, 3.05) is 13.2 Å². The van der Waals surface area contributed by atoms with Gasteiger partial charge in [0.15, 0.2) is 0 Å². The lowest BCUT2D eigenvalue weighted by molar-refractivity contribution is 0.0630. The van der Waals surface area contributed by atoms with Crippen molar-refractivity contribution >= 4 is 0 Å². The van der Waals surface area contributed by atoms with Gasteiger partial charge in [0.25, 0.3) is 0 Å². The first kappa shape index (κ1) is 12.0. The topological polar surface area (TPSA) is 21.3 Å². The largest absolute Gasteiger partial charge is 0.377 e. The van der Waals surface area contributed by atoms with Crippen LogP contribution in [0.25, 0.3) is 0 Å². The highest BCUT2D eigenvalue weighted by molar-refractivity contribution is 4.82. The molecule has 0 amide bonds. The highest BCUT2D eigenvalue weighted by Gasteiger charge is 2.24. The Kier molecular flexibility index (Phi) is 5.49. The molecule has 1 rings (SSSR count). The molecule has 0 aromatic carbocycles. The van der Waals surface area contributed by atoms with Crippen LogP contribution in [0.3, 0.4) is 0 Å². The van der Waals surface area contributed by atoms with Gasteiger partial charge < -0.3 is 10.1 Å². The summed E-state index contributed by atoms with van der Waals surface area (Å²) in [6.45, 7) is 8.77. The molecule has 14 heavy (non-hydrogen) atoms. The molecule has 1 fully saturated rings. The highest BCUT2D eigenvalue weighted by atomic mass is 16.5. The molecule has 2 atom stereocenters. The molecule has 1 aliphatic rings. The fraction of sp³-hybridized carbons (Fsp3) is 1.00. The van der Waals surface area contributed by atoms with Crippen molar-refractivity contribution in [3.05, 3.63) is 0 Å². The van der Waals surface area contributed by atoms with E-state index in [1.165, 1.54) is 25.7 Å². The highest BCUT2D eigenvalue weighted by Crippen LogP contribution is 2.17. The minimum absolute atomic E-state index is 0.477. The second-order valence-corrected chi connectivity index (χ2v) is 4.82. The van der Waals surface area contributed by atoms with Gasteiger partial charge in [-0.25, -0.2) is 0 Å². The van der Waals surface area contributed by atoms with E-state index in [-0.39, 0.29) is 0 Å². The minimum atomic E-state index is 0.477. The van der Waals surface area contributed by atoms with Crippen molar-refractivity contribution in [2.24, 2.45) is 5.92 Å². The molecule has 0 aliphatic carbocycles. The van der Waals surface area contributed by atoms with Gasteiger partial charge in [-0.2, -0.15) is 0 Å². The average molecular weight is 199 g/mol. The van der Waals surface area contributed by atoms with Gasteiger partial charge in [-0.1, -0.05) is 27.2 Å². The SMILES string of the molecule is CCCCO[C@@H]1CN[C@H](CC(C)C)C1. The molecule has 0 aromatic rings. The summed E-state index contributed by atoms with van der Waals surface area (Å²) in [6, 6.07) is 0.696. The number of unbranched alkanes of at least 4 members (excludes halogenated alkanes) is 1. The number of hydrogen-bond acceptors (Lipinski definition) is 2. The summed E-state index contributed by atoms with van der Waals surface area (Å²) in [4.78, 5) is 0. The first-order chi connectivity index (χ1) is 6.72. The van der Waals surface area contributed by atoms with Crippen LogP contribution in [0.15, 0.2) is 0 Å². The predicted molar refractivity (Wildman–Crippen MR) is 60.5 cm³/mol. The minimum Gasteiger partial charge on any atom is -0.377 e. The molecule has 0 bridgehead atoms. The molecule has 0 aromatic heterocycles. The van der Waals surface area contributed by atoms with E-state index in [0.717, 1.165) is 19.1 Å². The predicted octanol–water partition coefficient (Wildman–Crippen LogP) is 2.58. The molecule has 1 saturated heterocycles. The van der Waals surface area contributed by atoms with E-state index in [0.29, 0.717) is 12.1 Å². The first-order valence-corrected chi connectivity index (χ1v) is 6.07. The van der Waals surface area contributed by atoms with E-state index in [1.54, 1.807) is 0 Å². The summed E-state index contributed by atoms with van der Waals surface area (Å²) in [5.74, 6) is 0.793. The number of rotatable bonds is 6. The van der Waals surface area contributed by atoms with Gasteiger partial charge in [-0.05, 0) is 25.2 Å². The van der Waals surface area contributed by atoms with Crippen LogP contribution in [-0.4, -0.2) is 25.3 Å². The number of nitrogens with one attached hydrogen (secondary N) is 1. The van der Waals surface area contributed by atoms with Gasteiger partial charge in [-0.15, -0.1) is 0 Å². The van der Waals surface area contributed by atoms with Gasteiger partial charge in [-0.3, -0.25) is 0 Å². The Morgan fingerprint density at radius 3 is 2.86 bits per heavy atom. The van der Waals surface area contributed by atoms with Crippen LogP contribution in [0, 0.1) is 5.92 Å². The first-order valence-electron chi connectivity index (χ1n) is 6.07. The lowest BCUT2D eigenvalue weighted by Gasteiger charge is -2.13. The van der Waals surface area contributed by atoms with E-state index >= 15 is 0 Å². The van der Waals surface area contributed by atoms with Gasteiger partial charge in [0, 0.05) is 19.2 Å². The van der Waals surface area contributed by atoms with Gasteiger partial charge in [0.05, 0.1) is 6.10 Å². The van der Waals surface area contributed by atoms with Gasteiger partial charge >= 0.3 is 0 Å². The Balaban J connectivity index is 2.08. The number of ether oxygens (including phenoxy) is 1. The van der Waals surface area contributed by atoms with Crippen molar-refractivity contribution in [2.45, 2.75) is 58.6 Å². The lowest BCUT2D eigenvalue weighted by Crippen LogP contribution is -2.23. The molecule has 1 heterocycles. The molecule has 2 heteroatoms. The maximum absolute atomic E-state index is 5.79. The molecule has 0 saturated carbocycles. The van der Waals surface area contributed by atoms with Gasteiger partial charge in [0.2, 0.25) is 0 Å². The summed E-state index contributed by atoms with van der Waals surface area (Å²) in [5.41, 5.74) is 0. The molecular weight excluding hydrogens is 174 g/mol. The second-order valence-electron chi connectivity index (χ2n) is 4.82. The number of hydrogen-bond donors (Lipinski definition) is 1. The van der Waals surface area contributed by atoms with Crippen molar-refractivity contribution in [3.63, 3.8) is 0 Å². The molecule has 0 unspecified atom stereocenters. The zero-order chi connectivity index (χ0) is 10.4. The molecular formula is C12H25NO. The Morgan fingerprint density at radius 1 is 1.43 bits per heavy atom. The standard InChI is InChI=1S/C12H25NO/c1-4-5-6-14-12-8-11(13-9-12)7-10(2)3/h10-13H,4-9H2,1-3H3/t11-,12+/m1/s1. The quantitative estimate of drug-likeness (QED) is 0.664.